The molecule has 1 amide bonds. The number of carbonyl (C=O) groups is 2. The fourth-order valence-corrected chi connectivity index (χ4v) is 1.56. The normalized spacial score (nSPS) is 12.3. The molecule has 0 unspecified atom stereocenters. The average molecular weight is 274 g/mol. The maximum atomic E-state index is 13.5. The molecule has 0 saturated carbocycles. The molecule has 0 saturated heterocycles. The zero-order valence-corrected chi connectivity index (χ0v) is 10.7. The third-order valence-corrected chi connectivity index (χ3v) is 2.63. The van der Waals surface area contributed by atoms with Crippen molar-refractivity contribution in [3.05, 3.63) is 34.6 Å². The lowest BCUT2D eigenvalue weighted by Crippen LogP contribution is -2.44. The van der Waals surface area contributed by atoms with Crippen molar-refractivity contribution in [2.24, 2.45) is 5.92 Å². The van der Waals surface area contributed by atoms with Crippen molar-refractivity contribution in [3.63, 3.8) is 0 Å². The van der Waals surface area contributed by atoms with Gasteiger partial charge in [-0.3, -0.25) is 4.79 Å². The van der Waals surface area contributed by atoms with Crippen LogP contribution in [0.15, 0.2) is 18.2 Å². The number of aliphatic carboxylic acids is 1. The lowest BCUT2D eigenvalue weighted by molar-refractivity contribution is -0.140. The van der Waals surface area contributed by atoms with Crippen molar-refractivity contribution in [2.45, 2.75) is 19.9 Å². The quantitative estimate of drug-likeness (QED) is 0.885. The van der Waals surface area contributed by atoms with Gasteiger partial charge in [0.1, 0.15) is 11.9 Å². The number of rotatable bonds is 4. The molecule has 4 nitrogen and oxygen atoms in total. The monoisotopic (exact) mass is 273 g/mol. The van der Waals surface area contributed by atoms with Gasteiger partial charge >= 0.3 is 5.97 Å². The van der Waals surface area contributed by atoms with Crippen LogP contribution in [-0.4, -0.2) is 23.0 Å². The van der Waals surface area contributed by atoms with Gasteiger partial charge in [0.25, 0.3) is 5.91 Å². The molecule has 1 aromatic rings. The Labute approximate surface area is 109 Å². The van der Waals surface area contributed by atoms with Gasteiger partial charge in [0.2, 0.25) is 0 Å². The zero-order chi connectivity index (χ0) is 13.9. The minimum Gasteiger partial charge on any atom is -0.480 e. The van der Waals surface area contributed by atoms with Crippen LogP contribution in [-0.2, 0) is 4.79 Å². The van der Waals surface area contributed by atoms with Crippen LogP contribution >= 0.6 is 11.6 Å². The summed E-state index contributed by atoms with van der Waals surface area (Å²) >= 11 is 5.56. The molecule has 0 radical (unpaired) electrons. The van der Waals surface area contributed by atoms with Gasteiger partial charge in [-0.1, -0.05) is 25.4 Å². The van der Waals surface area contributed by atoms with Crippen molar-refractivity contribution >= 4 is 23.5 Å². The Bertz CT molecular complexity index is 476. The average Bonchev–Trinajstić information content (AvgIpc) is 2.24. The van der Waals surface area contributed by atoms with Crippen LogP contribution in [0.25, 0.3) is 0 Å². The largest absolute Gasteiger partial charge is 0.480 e. The number of benzene rings is 1. The van der Waals surface area contributed by atoms with Crippen molar-refractivity contribution in [1.29, 1.82) is 0 Å². The number of hydrogen-bond acceptors (Lipinski definition) is 2. The molecule has 0 aromatic heterocycles. The molecule has 1 rings (SSSR count). The fourth-order valence-electron chi connectivity index (χ4n) is 1.41. The lowest BCUT2D eigenvalue weighted by Gasteiger charge is -2.18. The maximum Gasteiger partial charge on any atom is 0.326 e. The molecule has 18 heavy (non-hydrogen) atoms. The van der Waals surface area contributed by atoms with Crippen LogP contribution in [0.4, 0.5) is 4.39 Å². The van der Waals surface area contributed by atoms with E-state index in [1.54, 1.807) is 13.8 Å². The van der Waals surface area contributed by atoms with E-state index < -0.39 is 23.7 Å². The van der Waals surface area contributed by atoms with Crippen LogP contribution in [0.5, 0.6) is 0 Å². The van der Waals surface area contributed by atoms with Gasteiger partial charge in [-0.25, -0.2) is 9.18 Å². The van der Waals surface area contributed by atoms with Gasteiger partial charge in [-0.15, -0.1) is 0 Å². The molecule has 0 aliphatic heterocycles. The third-order valence-electron chi connectivity index (χ3n) is 2.40. The Kier molecular flexibility index (Phi) is 4.67. The fraction of sp³-hybridized carbons (Fsp3) is 0.333. The molecule has 6 heteroatoms. The van der Waals surface area contributed by atoms with E-state index >= 15 is 0 Å². The molecular formula is C12H13ClFNO3. The van der Waals surface area contributed by atoms with Crippen molar-refractivity contribution in [3.8, 4) is 0 Å². The number of halogens is 2. The molecule has 0 spiro atoms. The first kappa shape index (κ1) is 14.4. The van der Waals surface area contributed by atoms with Gasteiger partial charge < -0.3 is 10.4 Å². The van der Waals surface area contributed by atoms with E-state index in [0.717, 1.165) is 6.07 Å². The number of carbonyl (C=O) groups excluding carboxylic acids is 1. The van der Waals surface area contributed by atoms with Gasteiger partial charge in [0, 0.05) is 5.02 Å². The summed E-state index contributed by atoms with van der Waals surface area (Å²) in [4.78, 5) is 22.7. The minimum absolute atomic E-state index is 0.169. The molecule has 98 valence electrons. The Morgan fingerprint density at radius 1 is 1.39 bits per heavy atom. The predicted octanol–water partition coefficient (Wildman–Crippen LogP) is 2.32. The molecular weight excluding hydrogens is 261 g/mol. The number of carboxylic acid groups (broad SMARTS) is 1. The number of amides is 1. The molecule has 1 aromatic carbocycles. The van der Waals surface area contributed by atoms with Gasteiger partial charge in [-0.05, 0) is 24.1 Å². The van der Waals surface area contributed by atoms with Crippen LogP contribution in [0.2, 0.25) is 5.02 Å². The van der Waals surface area contributed by atoms with Crippen LogP contribution in [0.1, 0.15) is 24.2 Å². The van der Waals surface area contributed by atoms with Crippen LogP contribution in [0.3, 0.4) is 0 Å². The summed E-state index contributed by atoms with van der Waals surface area (Å²) in [5.74, 6) is -3.02. The smallest absolute Gasteiger partial charge is 0.326 e. The molecule has 0 fully saturated rings. The second-order valence-electron chi connectivity index (χ2n) is 4.16. The van der Waals surface area contributed by atoms with E-state index in [9.17, 15) is 14.0 Å². The Morgan fingerprint density at radius 3 is 2.44 bits per heavy atom. The van der Waals surface area contributed by atoms with Gasteiger partial charge in [0.15, 0.2) is 0 Å². The van der Waals surface area contributed by atoms with Gasteiger partial charge in [0.05, 0.1) is 5.56 Å². The summed E-state index contributed by atoms with van der Waals surface area (Å²) in [6, 6.07) is 2.52. The Hall–Kier alpha value is -1.62. The maximum absolute atomic E-state index is 13.5. The second-order valence-corrected chi connectivity index (χ2v) is 4.59. The van der Waals surface area contributed by atoms with Gasteiger partial charge in [-0.2, -0.15) is 0 Å². The van der Waals surface area contributed by atoms with E-state index in [1.165, 1.54) is 12.1 Å². The van der Waals surface area contributed by atoms with Crippen LogP contribution < -0.4 is 5.32 Å². The lowest BCUT2D eigenvalue weighted by atomic mass is 10.0. The number of hydrogen-bond donors (Lipinski definition) is 2. The highest BCUT2D eigenvalue weighted by molar-refractivity contribution is 6.30. The number of carboxylic acids is 1. The third kappa shape index (κ3) is 3.43. The first-order valence-electron chi connectivity index (χ1n) is 5.31. The Balaban J connectivity index is 2.91. The molecule has 0 bridgehead atoms. The SMILES string of the molecule is CC(C)[C@H](NC(=O)c1ccc(Cl)cc1F)C(=O)O. The van der Waals surface area contributed by atoms with E-state index in [2.05, 4.69) is 5.32 Å². The Morgan fingerprint density at radius 2 is 2.00 bits per heavy atom. The summed E-state index contributed by atoms with van der Waals surface area (Å²) < 4.78 is 13.5. The minimum atomic E-state index is -1.16. The molecule has 0 aliphatic carbocycles. The summed E-state index contributed by atoms with van der Waals surface area (Å²) in [5, 5.41) is 11.4. The van der Waals surface area contributed by atoms with Crippen LogP contribution in [0, 0.1) is 11.7 Å². The predicted molar refractivity (Wildman–Crippen MR) is 65.1 cm³/mol. The van der Waals surface area contributed by atoms with Crippen molar-refractivity contribution < 1.29 is 19.1 Å². The molecule has 1 atom stereocenters. The highest BCUT2D eigenvalue weighted by Crippen LogP contribution is 2.15. The standard InChI is InChI=1S/C12H13ClFNO3/c1-6(2)10(12(17)18)15-11(16)8-4-3-7(13)5-9(8)14/h3-6,10H,1-2H3,(H,15,16)(H,17,18)/t10-/m0/s1. The molecule has 2 N–H and O–H groups in total. The van der Waals surface area contributed by atoms with E-state index in [0.29, 0.717) is 0 Å². The molecule has 0 aliphatic rings. The summed E-state index contributed by atoms with van der Waals surface area (Å²) in [6.07, 6.45) is 0. The summed E-state index contributed by atoms with van der Waals surface area (Å²) in [5.41, 5.74) is -0.230. The van der Waals surface area contributed by atoms with E-state index in [4.69, 9.17) is 16.7 Å². The second kappa shape index (κ2) is 5.82. The first-order valence-corrected chi connectivity index (χ1v) is 5.69. The summed E-state index contributed by atoms with van der Waals surface area (Å²) in [6.45, 7) is 3.30. The topological polar surface area (TPSA) is 66.4 Å². The molecule has 0 heterocycles. The van der Waals surface area contributed by atoms with E-state index in [1.807, 2.05) is 0 Å². The van der Waals surface area contributed by atoms with Crippen molar-refractivity contribution in [1.82, 2.24) is 5.32 Å². The highest BCUT2D eigenvalue weighted by atomic mass is 35.5. The highest BCUT2D eigenvalue weighted by Gasteiger charge is 2.25. The number of nitrogens with one attached hydrogen (secondary N) is 1. The zero-order valence-electron chi connectivity index (χ0n) is 9.91. The first-order chi connectivity index (χ1) is 8.32. The summed E-state index contributed by atoms with van der Waals surface area (Å²) in [7, 11) is 0. The van der Waals surface area contributed by atoms with E-state index in [-0.39, 0.29) is 16.5 Å². The van der Waals surface area contributed by atoms with Crippen molar-refractivity contribution in [2.75, 3.05) is 0 Å².